The van der Waals surface area contributed by atoms with E-state index in [-0.39, 0.29) is 40.9 Å². The van der Waals surface area contributed by atoms with Crippen LogP contribution >= 0.6 is 11.6 Å². The molecule has 236 valence electrons. The molecule has 9 nitrogen and oxygen atoms in total. The fourth-order valence-corrected chi connectivity index (χ4v) is 8.90. The van der Waals surface area contributed by atoms with Gasteiger partial charge in [-0.05, 0) is 62.1 Å². The fourth-order valence-electron chi connectivity index (χ4n) is 8.56. The number of nitrogens with one attached hydrogen (secondary N) is 1. The number of pyridine rings is 1. The number of nitrogens with zero attached hydrogens (tertiary/aromatic N) is 6. The molecular formula is C33H36ClF2N7O2. The Morgan fingerprint density at radius 1 is 1.16 bits per heavy atom. The van der Waals surface area contributed by atoms with E-state index in [0.29, 0.717) is 47.2 Å². The molecule has 0 unspecified atom stereocenters. The Labute approximate surface area is 264 Å². The lowest BCUT2D eigenvalue weighted by atomic mass is 9.86. The summed E-state index contributed by atoms with van der Waals surface area (Å²) in [4.78, 5) is 18.7. The van der Waals surface area contributed by atoms with Crippen LogP contribution in [0.4, 0.5) is 14.6 Å². The van der Waals surface area contributed by atoms with Crippen LogP contribution in [0.25, 0.3) is 33.1 Å². The number of alkyl halides is 1. The van der Waals surface area contributed by atoms with Gasteiger partial charge in [-0.1, -0.05) is 18.5 Å². The standard InChI is InChI=1S/C33H36ClF2N7O2/c1-18-10-20(18)25-23(34)11-24-21(14-38-41-24)26(25)29-27(36)28-22(13-37-29)30(42-7-3-5-33(16-42)6-9-45-33)40-31(39-28)44-17-32-4-2-8-43(32)15-19(35)12-32/h11,13-14,18-20H,2-10,12,15-17H2,1H3,(H,38,41)/t18-,19-,20+,32+,33+/m1/s1. The summed E-state index contributed by atoms with van der Waals surface area (Å²) in [6.45, 7) is 5.90. The molecule has 5 fully saturated rings. The first-order chi connectivity index (χ1) is 21.8. The van der Waals surface area contributed by atoms with Crippen molar-refractivity contribution in [2.75, 3.05) is 44.3 Å². The molecule has 9 rings (SSSR count). The van der Waals surface area contributed by atoms with Crippen molar-refractivity contribution in [3.8, 4) is 17.3 Å². The van der Waals surface area contributed by atoms with Crippen molar-refractivity contribution in [1.82, 2.24) is 30.0 Å². The molecule has 1 saturated carbocycles. The van der Waals surface area contributed by atoms with Gasteiger partial charge in [-0.2, -0.15) is 15.1 Å². The van der Waals surface area contributed by atoms with E-state index in [1.165, 1.54) is 0 Å². The maximum absolute atomic E-state index is 17.1. The lowest BCUT2D eigenvalue weighted by Gasteiger charge is -2.48. The molecule has 1 spiro atoms. The van der Waals surface area contributed by atoms with Crippen LogP contribution in [-0.2, 0) is 4.74 Å². The summed E-state index contributed by atoms with van der Waals surface area (Å²) in [6, 6.07) is 1.96. The molecule has 4 saturated heterocycles. The highest BCUT2D eigenvalue weighted by molar-refractivity contribution is 6.33. The zero-order chi connectivity index (χ0) is 30.5. The number of aromatic nitrogens is 5. The Balaban J connectivity index is 1.18. The molecule has 1 N–H and O–H groups in total. The number of piperidine rings is 1. The molecule has 5 atom stereocenters. The number of hydrogen-bond donors (Lipinski definition) is 1. The summed E-state index contributed by atoms with van der Waals surface area (Å²) >= 11 is 6.85. The molecule has 0 amide bonds. The third kappa shape index (κ3) is 4.44. The number of H-pyrrole nitrogens is 1. The molecule has 5 aliphatic rings. The summed E-state index contributed by atoms with van der Waals surface area (Å²) in [5.41, 5.74) is 2.04. The molecule has 0 radical (unpaired) electrons. The van der Waals surface area contributed by atoms with Crippen LogP contribution in [0.5, 0.6) is 6.01 Å². The smallest absolute Gasteiger partial charge is 0.319 e. The summed E-state index contributed by atoms with van der Waals surface area (Å²) in [7, 11) is 0. The van der Waals surface area contributed by atoms with Gasteiger partial charge in [-0.3, -0.25) is 15.0 Å². The second kappa shape index (κ2) is 10.2. The van der Waals surface area contributed by atoms with E-state index < -0.39 is 12.0 Å². The minimum Gasteiger partial charge on any atom is -0.461 e. The van der Waals surface area contributed by atoms with Crippen molar-refractivity contribution < 1.29 is 18.3 Å². The van der Waals surface area contributed by atoms with E-state index >= 15 is 4.39 Å². The number of hydrogen-bond acceptors (Lipinski definition) is 8. The zero-order valence-corrected chi connectivity index (χ0v) is 26.0. The number of ether oxygens (including phenoxy) is 2. The summed E-state index contributed by atoms with van der Waals surface area (Å²) in [5, 5.41) is 9.10. The second-order valence-corrected chi connectivity index (χ2v) is 14.4. The lowest BCUT2D eigenvalue weighted by Crippen LogP contribution is -2.56. The number of aromatic amines is 1. The highest BCUT2D eigenvalue weighted by Gasteiger charge is 2.49. The number of rotatable bonds is 6. The van der Waals surface area contributed by atoms with Crippen LogP contribution in [0, 0.1) is 11.7 Å². The van der Waals surface area contributed by atoms with Crippen molar-refractivity contribution >= 4 is 39.2 Å². The fraction of sp³-hybridized carbons (Fsp3) is 0.576. The zero-order valence-electron chi connectivity index (χ0n) is 25.3. The van der Waals surface area contributed by atoms with Gasteiger partial charge in [0.25, 0.3) is 0 Å². The first-order valence-electron chi connectivity index (χ1n) is 16.3. The van der Waals surface area contributed by atoms with Crippen molar-refractivity contribution in [2.45, 2.75) is 75.1 Å². The van der Waals surface area contributed by atoms with Gasteiger partial charge in [-0.25, -0.2) is 8.78 Å². The van der Waals surface area contributed by atoms with Gasteiger partial charge in [0.2, 0.25) is 0 Å². The third-order valence-corrected chi connectivity index (χ3v) is 11.4. The Bertz CT molecular complexity index is 1830. The Hall–Kier alpha value is -3.15. The van der Waals surface area contributed by atoms with E-state index in [4.69, 9.17) is 36.0 Å². The molecule has 1 aliphatic carbocycles. The molecule has 1 aromatic carbocycles. The number of fused-ring (bicyclic) bond motifs is 3. The lowest BCUT2D eigenvalue weighted by molar-refractivity contribution is -0.151. The van der Waals surface area contributed by atoms with Crippen LogP contribution in [0.1, 0.15) is 63.4 Å². The van der Waals surface area contributed by atoms with E-state index in [1.54, 1.807) is 12.4 Å². The van der Waals surface area contributed by atoms with Crippen LogP contribution in [0.3, 0.4) is 0 Å². The van der Waals surface area contributed by atoms with Gasteiger partial charge in [0, 0.05) is 54.6 Å². The average Bonchev–Trinajstić information content (AvgIpc) is 3.30. The molecule has 3 aromatic heterocycles. The topological polar surface area (TPSA) is 92.3 Å². The normalized spacial score (nSPS) is 31.2. The van der Waals surface area contributed by atoms with Crippen LogP contribution < -0.4 is 9.64 Å². The Kier molecular flexibility index (Phi) is 6.35. The minimum atomic E-state index is -0.874. The minimum absolute atomic E-state index is 0.0989. The van der Waals surface area contributed by atoms with Crippen molar-refractivity contribution in [3.63, 3.8) is 0 Å². The van der Waals surface area contributed by atoms with Gasteiger partial charge in [0.1, 0.15) is 29.8 Å². The number of halogens is 3. The number of benzene rings is 1. The van der Waals surface area contributed by atoms with Crippen LogP contribution in [-0.4, -0.2) is 86.8 Å². The highest BCUT2D eigenvalue weighted by atomic mass is 35.5. The van der Waals surface area contributed by atoms with E-state index in [1.807, 2.05) is 6.07 Å². The van der Waals surface area contributed by atoms with Gasteiger partial charge in [0.15, 0.2) is 5.82 Å². The quantitative estimate of drug-likeness (QED) is 0.268. The predicted octanol–water partition coefficient (Wildman–Crippen LogP) is 6.20. The maximum atomic E-state index is 17.1. The van der Waals surface area contributed by atoms with E-state index in [9.17, 15) is 4.39 Å². The van der Waals surface area contributed by atoms with E-state index in [0.717, 1.165) is 74.7 Å². The molecule has 12 heteroatoms. The van der Waals surface area contributed by atoms with Crippen molar-refractivity contribution in [2.24, 2.45) is 5.92 Å². The molecule has 4 aromatic rings. The Morgan fingerprint density at radius 2 is 2.00 bits per heavy atom. The summed E-state index contributed by atoms with van der Waals surface area (Å²) in [5.74, 6) is 0.707. The van der Waals surface area contributed by atoms with Gasteiger partial charge in [0.05, 0.1) is 34.8 Å². The second-order valence-electron chi connectivity index (χ2n) is 14.0. The SMILES string of the molecule is C[C@@H]1C[C@@H]1c1c(Cl)cc2[nH]ncc2c1-c1ncc2c(N3CCC[C@]4(CCO4)C3)nc(OC[C@@]34CCCN3C[C@H](F)C4)nc2c1F. The van der Waals surface area contributed by atoms with Gasteiger partial charge < -0.3 is 14.4 Å². The average molecular weight is 636 g/mol. The van der Waals surface area contributed by atoms with Crippen LogP contribution in [0.2, 0.25) is 5.02 Å². The first kappa shape index (κ1) is 28.1. The molecule has 7 heterocycles. The maximum Gasteiger partial charge on any atom is 0.319 e. The summed E-state index contributed by atoms with van der Waals surface area (Å²) in [6.07, 6.45) is 8.72. The number of anilines is 1. The van der Waals surface area contributed by atoms with Gasteiger partial charge in [-0.15, -0.1) is 0 Å². The first-order valence-corrected chi connectivity index (χ1v) is 16.6. The molecule has 45 heavy (non-hydrogen) atoms. The van der Waals surface area contributed by atoms with E-state index in [2.05, 4.69) is 26.9 Å². The summed E-state index contributed by atoms with van der Waals surface area (Å²) < 4.78 is 44.0. The van der Waals surface area contributed by atoms with Crippen molar-refractivity contribution in [3.05, 3.63) is 34.9 Å². The predicted molar refractivity (Wildman–Crippen MR) is 167 cm³/mol. The molecule has 0 bridgehead atoms. The molecule has 4 aliphatic heterocycles. The van der Waals surface area contributed by atoms with Crippen LogP contribution in [0.15, 0.2) is 18.5 Å². The van der Waals surface area contributed by atoms with Gasteiger partial charge >= 0.3 is 6.01 Å². The van der Waals surface area contributed by atoms with Crippen molar-refractivity contribution in [1.29, 1.82) is 0 Å². The molecular weight excluding hydrogens is 600 g/mol. The largest absolute Gasteiger partial charge is 0.461 e. The monoisotopic (exact) mass is 635 g/mol. The highest BCUT2D eigenvalue weighted by Crippen LogP contribution is 2.54. The Morgan fingerprint density at radius 3 is 2.80 bits per heavy atom. The third-order valence-electron chi connectivity index (χ3n) is 11.1.